The molecule has 13 heavy (non-hydrogen) atoms. The molecule has 0 bridgehead atoms. The molecule has 1 aliphatic carbocycles. The fourth-order valence-corrected chi connectivity index (χ4v) is 2.35. The van der Waals surface area contributed by atoms with Crippen LogP contribution in [-0.2, 0) is 0 Å². The number of nitrogens with zero attached hydrogens (tertiary/aromatic N) is 1. The highest BCUT2D eigenvalue weighted by molar-refractivity contribution is 4.86. The van der Waals surface area contributed by atoms with Gasteiger partial charge in [-0.3, -0.25) is 0 Å². The van der Waals surface area contributed by atoms with Crippen LogP contribution in [-0.4, -0.2) is 37.1 Å². The van der Waals surface area contributed by atoms with Crippen LogP contribution in [0.4, 0.5) is 0 Å². The monoisotopic (exact) mass is 184 g/mol. The minimum atomic E-state index is 0.616. The van der Waals surface area contributed by atoms with E-state index in [1.54, 1.807) is 0 Å². The van der Waals surface area contributed by atoms with Gasteiger partial charge in [0.25, 0.3) is 0 Å². The minimum absolute atomic E-state index is 0.616. The molecule has 2 nitrogen and oxygen atoms in total. The molecule has 1 saturated carbocycles. The van der Waals surface area contributed by atoms with E-state index in [0.29, 0.717) is 12.1 Å². The summed E-state index contributed by atoms with van der Waals surface area (Å²) in [6.45, 7) is 4.47. The topological polar surface area (TPSA) is 15.3 Å². The Morgan fingerprint density at radius 3 is 2.31 bits per heavy atom. The fraction of sp³-hybridized carbons (Fsp3) is 1.00. The Labute approximate surface area is 82.7 Å². The summed E-state index contributed by atoms with van der Waals surface area (Å²) in [4.78, 5) is 2.37. The molecule has 1 aliphatic rings. The van der Waals surface area contributed by atoms with Crippen molar-refractivity contribution in [3.8, 4) is 0 Å². The average molecular weight is 184 g/mol. The van der Waals surface area contributed by atoms with Gasteiger partial charge in [0.1, 0.15) is 0 Å². The molecule has 0 aromatic carbocycles. The molecule has 0 aliphatic heterocycles. The largest absolute Gasteiger partial charge is 0.310 e. The van der Waals surface area contributed by atoms with Crippen molar-refractivity contribution >= 4 is 0 Å². The van der Waals surface area contributed by atoms with Crippen LogP contribution < -0.4 is 5.32 Å². The van der Waals surface area contributed by atoms with Crippen molar-refractivity contribution in [3.05, 3.63) is 0 Å². The zero-order valence-corrected chi connectivity index (χ0v) is 9.51. The van der Waals surface area contributed by atoms with Crippen molar-refractivity contribution in [2.45, 2.75) is 57.7 Å². The van der Waals surface area contributed by atoms with Gasteiger partial charge in [-0.15, -0.1) is 0 Å². The molecule has 0 heterocycles. The summed E-state index contributed by atoms with van der Waals surface area (Å²) < 4.78 is 0. The van der Waals surface area contributed by atoms with Crippen LogP contribution in [0, 0.1) is 0 Å². The van der Waals surface area contributed by atoms with E-state index < -0.39 is 0 Å². The second kappa shape index (κ2) is 4.97. The van der Waals surface area contributed by atoms with Gasteiger partial charge in [0.15, 0.2) is 0 Å². The van der Waals surface area contributed by atoms with Gasteiger partial charge in [-0.25, -0.2) is 0 Å². The third kappa shape index (κ3) is 3.28. The van der Waals surface area contributed by atoms with Gasteiger partial charge >= 0.3 is 0 Å². The van der Waals surface area contributed by atoms with Crippen molar-refractivity contribution < 1.29 is 0 Å². The SMILES string of the molecule is CC(C)N[C@@H]1CCCC[C@@H]1N(C)C. The quantitative estimate of drug-likeness (QED) is 0.720. The second-order valence-electron chi connectivity index (χ2n) is 4.74. The highest BCUT2D eigenvalue weighted by Gasteiger charge is 2.26. The Morgan fingerprint density at radius 1 is 1.15 bits per heavy atom. The van der Waals surface area contributed by atoms with E-state index in [0.717, 1.165) is 6.04 Å². The van der Waals surface area contributed by atoms with E-state index in [9.17, 15) is 0 Å². The maximum Gasteiger partial charge on any atom is 0.0243 e. The molecule has 0 saturated heterocycles. The van der Waals surface area contributed by atoms with Gasteiger partial charge in [0, 0.05) is 18.1 Å². The predicted octanol–water partition coefficient (Wildman–Crippen LogP) is 1.86. The lowest BCUT2D eigenvalue weighted by Crippen LogP contribution is -2.51. The van der Waals surface area contributed by atoms with Gasteiger partial charge < -0.3 is 10.2 Å². The average Bonchev–Trinajstić information content (AvgIpc) is 2.03. The smallest absolute Gasteiger partial charge is 0.0243 e. The molecule has 0 unspecified atom stereocenters. The van der Waals surface area contributed by atoms with Gasteiger partial charge in [-0.1, -0.05) is 26.7 Å². The first-order chi connectivity index (χ1) is 6.11. The molecule has 0 radical (unpaired) electrons. The summed E-state index contributed by atoms with van der Waals surface area (Å²) in [5, 5.41) is 3.67. The molecule has 0 amide bonds. The summed E-state index contributed by atoms with van der Waals surface area (Å²) in [6, 6.07) is 2.07. The second-order valence-corrected chi connectivity index (χ2v) is 4.74. The van der Waals surface area contributed by atoms with Crippen molar-refractivity contribution in [2.24, 2.45) is 0 Å². The van der Waals surface area contributed by atoms with Gasteiger partial charge in [-0.2, -0.15) is 0 Å². The number of nitrogens with one attached hydrogen (secondary N) is 1. The lowest BCUT2D eigenvalue weighted by Gasteiger charge is -2.37. The molecule has 1 N–H and O–H groups in total. The van der Waals surface area contributed by atoms with Crippen molar-refractivity contribution in [1.82, 2.24) is 10.2 Å². The molecule has 0 aromatic heterocycles. The molecule has 2 heteroatoms. The van der Waals surface area contributed by atoms with Crippen LogP contribution in [0.15, 0.2) is 0 Å². The first-order valence-corrected chi connectivity index (χ1v) is 5.53. The van der Waals surface area contributed by atoms with Crippen LogP contribution in [0.5, 0.6) is 0 Å². The van der Waals surface area contributed by atoms with E-state index in [4.69, 9.17) is 0 Å². The summed E-state index contributed by atoms with van der Waals surface area (Å²) in [7, 11) is 4.40. The third-order valence-corrected chi connectivity index (χ3v) is 2.94. The Hall–Kier alpha value is -0.0800. The highest BCUT2D eigenvalue weighted by atomic mass is 15.1. The Kier molecular flexibility index (Phi) is 4.20. The molecule has 1 fully saturated rings. The maximum absolute atomic E-state index is 3.67. The molecular weight excluding hydrogens is 160 g/mol. The van der Waals surface area contributed by atoms with Gasteiger partial charge in [0.2, 0.25) is 0 Å². The first kappa shape index (κ1) is 11.0. The summed E-state index contributed by atoms with van der Waals surface area (Å²) >= 11 is 0. The molecule has 0 spiro atoms. The predicted molar refractivity (Wildman–Crippen MR) is 58.0 cm³/mol. The van der Waals surface area contributed by atoms with Crippen LogP contribution in [0.2, 0.25) is 0 Å². The fourth-order valence-electron chi connectivity index (χ4n) is 2.35. The van der Waals surface area contributed by atoms with Crippen molar-refractivity contribution in [1.29, 1.82) is 0 Å². The Balaban J connectivity index is 2.46. The van der Waals surface area contributed by atoms with Gasteiger partial charge in [-0.05, 0) is 26.9 Å². The zero-order chi connectivity index (χ0) is 9.84. The molecular formula is C11H24N2. The lowest BCUT2D eigenvalue weighted by molar-refractivity contribution is 0.170. The molecule has 0 aromatic rings. The van der Waals surface area contributed by atoms with E-state index >= 15 is 0 Å². The van der Waals surface area contributed by atoms with Crippen LogP contribution >= 0.6 is 0 Å². The standard InChI is InChI=1S/C11H24N2/c1-9(2)12-10-7-5-6-8-11(10)13(3)4/h9-12H,5-8H2,1-4H3/t10-,11+/m1/s1. The first-order valence-electron chi connectivity index (χ1n) is 5.53. The van der Waals surface area contributed by atoms with Crippen molar-refractivity contribution in [3.63, 3.8) is 0 Å². The van der Waals surface area contributed by atoms with E-state index in [1.807, 2.05) is 0 Å². The van der Waals surface area contributed by atoms with Crippen LogP contribution in [0.25, 0.3) is 0 Å². The lowest BCUT2D eigenvalue weighted by atomic mass is 9.89. The number of hydrogen-bond donors (Lipinski definition) is 1. The maximum atomic E-state index is 3.67. The normalized spacial score (nSPS) is 30.0. The number of rotatable bonds is 3. The Morgan fingerprint density at radius 2 is 1.77 bits per heavy atom. The third-order valence-electron chi connectivity index (χ3n) is 2.94. The van der Waals surface area contributed by atoms with E-state index in [-0.39, 0.29) is 0 Å². The summed E-state index contributed by atoms with van der Waals surface area (Å²) in [6.07, 6.45) is 5.51. The molecule has 1 rings (SSSR count). The number of likely N-dealkylation sites (N-methyl/N-ethyl adjacent to an activating group) is 1. The van der Waals surface area contributed by atoms with E-state index in [2.05, 4.69) is 38.2 Å². The highest BCUT2D eigenvalue weighted by Crippen LogP contribution is 2.21. The van der Waals surface area contributed by atoms with Crippen LogP contribution in [0.1, 0.15) is 39.5 Å². The Bertz CT molecular complexity index is 143. The van der Waals surface area contributed by atoms with E-state index in [1.165, 1.54) is 25.7 Å². The minimum Gasteiger partial charge on any atom is -0.310 e. The zero-order valence-electron chi connectivity index (χ0n) is 9.51. The van der Waals surface area contributed by atoms with Gasteiger partial charge in [0.05, 0.1) is 0 Å². The molecule has 2 atom stereocenters. The molecule has 78 valence electrons. The number of hydrogen-bond acceptors (Lipinski definition) is 2. The summed E-state index contributed by atoms with van der Waals surface area (Å²) in [5.74, 6) is 0. The van der Waals surface area contributed by atoms with Crippen LogP contribution in [0.3, 0.4) is 0 Å². The van der Waals surface area contributed by atoms with Crippen molar-refractivity contribution in [2.75, 3.05) is 14.1 Å². The summed E-state index contributed by atoms with van der Waals surface area (Å²) in [5.41, 5.74) is 0.